The fourth-order valence-electron chi connectivity index (χ4n) is 3.88. The molecule has 0 unspecified atom stereocenters. The van der Waals surface area contributed by atoms with Gasteiger partial charge < -0.3 is 29.5 Å². The van der Waals surface area contributed by atoms with E-state index in [2.05, 4.69) is 13.8 Å². The van der Waals surface area contributed by atoms with Crippen molar-refractivity contribution in [3.63, 3.8) is 0 Å². The van der Waals surface area contributed by atoms with E-state index < -0.39 is 5.75 Å². The molecule has 3 N–H and O–H groups in total. The summed E-state index contributed by atoms with van der Waals surface area (Å²) < 4.78 is 16.7. The van der Waals surface area contributed by atoms with Gasteiger partial charge in [-0.1, -0.05) is 13.8 Å². The van der Waals surface area contributed by atoms with Gasteiger partial charge >= 0.3 is 0 Å². The number of phenols is 3. The molecule has 0 spiro atoms. The van der Waals surface area contributed by atoms with E-state index in [0.717, 1.165) is 17.5 Å². The zero-order chi connectivity index (χ0) is 19.9. The van der Waals surface area contributed by atoms with E-state index in [4.69, 9.17) is 14.2 Å². The molecule has 6 heteroatoms. The Morgan fingerprint density at radius 2 is 1.30 bits per heavy atom. The lowest BCUT2D eigenvalue weighted by Gasteiger charge is -2.29. The molecule has 6 nitrogen and oxygen atoms in total. The molecule has 1 aliphatic rings. The van der Waals surface area contributed by atoms with Gasteiger partial charge in [0.05, 0.1) is 21.3 Å². The maximum atomic E-state index is 10.7. The Morgan fingerprint density at radius 3 is 1.81 bits per heavy atom. The molecule has 146 valence electrons. The van der Waals surface area contributed by atoms with Crippen LogP contribution >= 0.6 is 0 Å². The number of aromatic hydroxyl groups is 3. The third-order valence-electron chi connectivity index (χ3n) is 5.55. The summed E-state index contributed by atoms with van der Waals surface area (Å²) in [6.07, 6.45) is 1.39. The van der Waals surface area contributed by atoms with Crippen LogP contribution in [0.3, 0.4) is 0 Å². The van der Waals surface area contributed by atoms with Crippen molar-refractivity contribution in [2.45, 2.75) is 26.7 Å². The van der Waals surface area contributed by atoms with Crippen molar-refractivity contribution in [3.8, 4) is 45.6 Å². The highest BCUT2D eigenvalue weighted by Crippen LogP contribution is 2.54. The predicted molar refractivity (Wildman–Crippen MR) is 102 cm³/mol. The number of hydrogen-bond donors (Lipinski definition) is 3. The zero-order valence-corrected chi connectivity index (χ0v) is 16.3. The molecule has 2 aromatic rings. The number of benzene rings is 2. The standard InChI is InChI=1S/C21H26O6/c1-10-6-12-8-14(22)18(23)19(24)16(12)17-13(7-11(10)2)9-15(25-3)20(26-4)21(17)27-5/h8-11,22-24H,6-7H2,1-5H3/t10-,11+/m0/s1. The summed E-state index contributed by atoms with van der Waals surface area (Å²) in [5, 5.41) is 30.9. The monoisotopic (exact) mass is 374 g/mol. The highest BCUT2D eigenvalue weighted by atomic mass is 16.5. The molecule has 2 aromatic carbocycles. The van der Waals surface area contributed by atoms with Gasteiger partial charge in [0.25, 0.3) is 0 Å². The van der Waals surface area contributed by atoms with Gasteiger partial charge in [-0.25, -0.2) is 0 Å². The maximum Gasteiger partial charge on any atom is 0.203 e. The van der Waals surface area contributed by atoms with Gasteiger partial charge in [-0.2, -0.15) is 0 Å². The van der Waals surface area contributed by atoms with Crippen LogP contribution in [0.4, 0.5) is 0 Å². The van der Waals surface area contributed by atoms with Gasteiger partial charge in [-0.15, -0.1) is 0 Å². The third kappa shape index (κ3) is 2.99. The van der Waals surface area contributed by atoms with Crippen molar-refractivity contribution in [1.29, 1.82) is 0 Å². The van der Waals surface area contributed by atoms with Gasteiger partial charge in [0.15, 0.2) is 23.0 Å². The molecule has 0 heterocycles. The van der Waals surface area contributed by atoms with Crippen molar-refractivity contribution >= 4 is 0 Å². The van der Waals surface area contributed by atoms with E-state index >= 15 is 0 Å². The van der Waals surface area contributed by atoms with Crippen LogP contribution < -0.4 is 14.2 Å². The maximum absolute atomic E-state index is 10.7. The lowest BCUT2D eigenvalue weighted by molar-refractivity contribution is 0.322. The van der Waals surface area contributed by atoms with Crippen LogP contribution in [0.5, 0.6) is 34.5 Å². The van der Waals surface area contributed by atoms with Crippen molar-refractivity contribution in [1.82, 2.24) is 0 Å². The number of hydrogen-bond acceptors (Lipinski definition) is 6. The van der Waals surface area contributed by atoms with E-state index in [1.807, 2.05) is 6.07 Å². The molecule has 0 amide bonds. The van der Waals surface area contributed by atoms with Crippen LogP contribution in [0.25, 0.3) is 11.1 Å². The first-order valence-electron chi connectivity index (χ1n) is 8.92. The molecule has 1 aliphatic carbocycles. The Hall–Kier alpha value is -2.76. The average Bonchev–Trinajstić information content (AvgIpc) is 2.65. The van der Waals surface area contributed by atoms with Crippen molar-refractivity contribution in [3.05, 3.63) is 23.3 Å². The molecule has 0 aromatic heterocycles. The van der Waals surface area contributed by atoms with Crippen LogP contribution in [-0.4, -0.2) is 36.6 Å². The van der Waals surface area contributed by atoms with E-state index in [1.54, 1.807) is 7.11 Å². The summed E-state index contributed by atoms with van der Waals surface area (Å²) in [6, 6.07) is 3.40. The Bertz CT molecular complexity index is 874. The molecule has 27 heavy (non-hydrogen) atoms. The molecular weight excluding hydrogens is 348 g/mol. The molecule has 0 saturated carbocycles. The fraction of sp³-hybridized carbons (Fsp3) is 0.429. The van der Waals surface area contributed by atoms with Gasteiger partial charge in [-0.05, 0) is 47.9 Å². The average molecular weight is 374 g/mol. The molecule has 0 radical (unpaired) electrons. The molecule has 0 aliphatic heterocycles. The predicted octanol–water partition coefficient (Wildman–Crippen LogP) is 3.87. The molecule has 0 bridgehead atoms. The minimum atomic E-state index is -0.544. The summed E-state index contributed by atoms with van der Waals surface area (Å²) in [7, 11) is 4.61. The lowest BCUT2D eigenvalue weighted by Crippen LogP contribution is -2.18. The first-order chi connectivity index (χ1) is 12.8. The third-order valence-corrected chi connectivity index (χ3v) is 5.55. The van der Waals surface area contributed by atoms with Gasteiger partial charge in [0.2, 0.25) is 11.5 Å². The van der Waals surface area contributed by atoms with E-state index in [-0.39, 0.29) is 11.5 Å². The summed E-state index contributed by atoms with van der Waals surface area (Å²) in [4.78, 5) is 0. The second kappa shape index (κ2) is 7.10. The van der Waals surface area contributed by atoms with Crippen LogP contribution in [-0.2, 0) is 12.8 Å². The van der Waals surface area contributed by atoms with Crippen LogP contribution in [0.15, 0.2) is 12.1 Å². The van der Waals surface area contributed by atoms with Crippen LogP contribution in [0.2, 0.25) is 0 Å². The Kier molecular flexibility index (Phi) is 5.00. The van der Waals surface area contributed by atoms with Crippen LogP contribution in [0.1, 0.15) is 25.0 Å². The molecule has 3 rings (SSSR count). The lowest BCUT2D eigenvalue weighted by atomic mass is 9.77. The summed E-state index contributed by atoms with van der Waals surface area (Å²) in [5.74, 6) is 0.784. The molecular formula is C21H26O6. The minimum absolute atomic E-state index is 0.305. The summed E-state index contributed by atoms with van der Waals surface area (Å²) in [5.41, 5.74) is 2.77. The van der Waals surface area contributed by atoms with Crippen LogP contribution in [0, 0.1) is 11.8 Å². The van der Waals surface area contributed by atoms with Gasteiger partial charge in [0, 0.05) is 11.1 Å². The Morgan fingerprint density at radius 1 is 0.741 bits per heavy atom. The highest BCUT2D eigenvalue weighted by Gasteiger charge is 2.31. The summed E-state index contributed by atoms with van der Waals surface area (Å²) in [6.45, 7) is 4.31. The number of rotatable bonds is 3. The number of fused-ring (bicyclic) bond motifs is 3. The zero-order valence-electron chi connectivity index (χ0n) is 16.3. The van der Waals surface area contributed by atoms with E-state index in [0.29, 0.717) is 46.6 Å². The SMILES string of the molecule is COc1cc2c(c(OC)c1OC)-c1c(cc(O)c(O)c1O)C[C@H](C)[C@H](C)C2. The van der Waals surface area contributed by atoms with Gasteiger partial charge in [0.1, 0.15) is 0 Å². The van der Waals surface area contributed by atoms with Crippen molar-refractivity contribution < 1.29 is 29.5 Å². The van der Waals surface area contributed by atoms with Crippen molar-refractivity contribution in [2.24, 2.45) is 11.8 Å². The summed E-state index contributed by atoms with van der Waals surface area (Å²) >= 11 is 0. The first-order valence-corrected chi connectivity index (χ1v) is 8.92. The first kappa shape index (κ1) is 19.0. The Labute approximate surface area is 158 Å². The number of methoxy groups -OCH3 is 3. The van der Waals surface area contributed by atoms with E-state index in [9.17, 15) is 15.3 Å². The topological polar surface area (TPSA) is 88.4 Å². The van der Waals surface area contributed by atoms with Gasteiger partial charge in [-0.3, -0.25) is 0 Å². The second-order valence-electron chi connectivity index (χ2n) is 7.17. The van der Waals surface area contributed by atoms with E-state index in [1.165, 1.54) is 20.3 Å². The normalized spacial score (nSPS) is 18.7. The van der Waals surface area contributed by atoms with Crippen molar-refractivity contribution in [2.75, 3.05) is 21.3 Å². The largest absolute Gasteiger partial charge is 0.504 e. The smallest absolute Gasteiger partial charge is 0.203 e. The Balaban J connectivity index is 2.47. The molecule has 0 saturated heterocycles. The minimum Gasteiger partial charge on any atom is -0.504 e. The quantitative estimate of drug-likeness (QED) is 0.707. The highest BCUT2D eigenvalue weighted by molar-refractivity contribution is 5.87. The second-order valence-corrected chi connectivity index (χ2v) is 7.17. The number of phenolic OH excluding ortho intramolecular Hbond substituents is 3. The number of ether oxygens (including phenoxy) is 3. The molecule has 2 atom stereocenters. The molecule has 0 fully saturated rings. The fourth-order valence-corrected chi connectivity index (χ4v) is 3.88.